The van der Waals surface area contributed by atoms with E-state index in [2.05, 4.69) is 15.9 Å². The van der Waals surface area contributed by atoms with Crippen LogP contribution in [0.1, 0.15) is 35.4 Å². The molecule has 0 amide bonds. The Labute approximate surface area is 187 Å². The van der Waals surface area contributed by atoms with Gasteiger partial charge in [-0.1, -0.05) is 39.7 Å². The second-order valence-corrected chi connectivity index (χ2v) is 8.54. The number of hydrogen-bond acceptors (Lipinski definition) is 4. The standard InChI is InChI=1S/C23H17BrClFN2O2/c1-29-21-8-4-14(24)10-18(21)23-28-20(17-11-15(25)5-9-22(17)30-23)12-19(27-28)13-2-6-16(26)7-3-13/h2-11,20,23H,12H2,1H3. The van der Waals surface area contributed by atoms with Gasteiger partial charge < -0.3 is 9.47 Å². The van der Waals surface area contributed by atoms with Crippen molar-refractivity contribution in [3.8, 4) is 11.5 Å². The molecule has 5 rings (SSSR count). The third-order valence-electron chi connectivity index (χ3n) is 5.39. The third kappa shape index (κ3) is 3.34. The molecule has 2 aliphatic rings. The van der Waals surface area contributed by atoms with Gasteiger partial charge in [-0.05, 0) is 54.1 Å². The maximum atomic E-state index is 13.4. The van der Waals surface area contributed by atoms with E-state index in [1.54, 1.807) is 19.2 Å². The molecule has 2 heterocycles. The third-order valence-corrected chi connectivity index (χ3v) is 6.12. The van der Waals surface area contributed by atoms with Crippen LogP contribution in [0.15, 0.2) is 70.2 Å². The molecule has 0 aliphatic carbocycles. The summed E-state index contributed by atoms with van der Waals surface area (Å²) in [6, 6.07) is 17.8. The fraction of sp³-hybridized carbons (Fsp3) is 0.174. The lowest BCUT2D eigenvalue weighted by Gasteiger charge is -2.38. The lowest BCUT2D eigenvalue weighted by Crippen LogP contribution is -2.34. The molecular formula is C23H17BrClFN2O2. The lowest BCUT2D eigenvalue weighted by molar-refractivity contribution is -0.0203. The van der Waals surface area contributed by atoms with Crippen LogP contribution in [-0.2, 0) is 0 Å². The van der Waals surface area contributed by atoms with Gasteiger partial charge in [0.2, 0.25) is 6.23 Å². The average molecular weight is 488 g/mol. The number of fused-ring (bicyclic) bond motifs is 3. The first-order valence-electron chi connectivity index (χ1n) is 9.45. The number of halogens is 3. The van der Waals surface area contributed by atoms with E-state index in [4.69, 9.17) is 26.2 Å². The largest absolute Gasteiger partial charge is 0.496 e. The van der Waals surface area contributed by atoms with Gasteiger partial charge >= 0.3 is 0 Å². The molecule has 0 spiro atoms. The zero-order valence-corrected chi connectivity index (χ0v) is 18.3. The summed E-state index contributed by atoms with van der Waals surface area (Å²) in [5.74, 6) is 1.21. The first-order chi connectivity index (χ1) is 14.5. The molecule has 0 saturated heterocycles. The van der Waals surface area contributed by atoms with Gasteiger partial charge in [0, 0.05) is 21.5 Å². The van der Waals surface area contributed by atoms with Gasteiger partial charge in [0.1, 0.15) is 17.3 Å². The second-order valence-electron chi connectivity index (χ2n) is 7.19. The Balaban J connectivity index is 1.64. The van der Waals surface area contributed by atoms with Crippen LogP contribution < -0.4 is 9.47 Å². The first-order valence-corrected chi connectivity index (χ1v) is 10.6. The predicted molar refractivity (Wildman–Crippen MR) is 118 cm³/mol. The molecule has 4 nitrogen and oxygen atoms in total. The van der Waals surface area contributed by atoms with Gasteiger partial charge in [-0.15, -0.1) is 0 Å². The average Bonchev–Trinajstić information content (AvgIpc) is 3.19. The summed E-state index contributed by atoms with van der Waals surface area (Å²) in [5.41, 5.74) is 3.60. The van der Waals surface area contributed by atoms with Crippen molar-refractivity contribution in [2.45, 2.75) is 18.7 Å². The Bertz CT molecular complexity index is 1150. The molecule has 0 aromatic heterocycles. The molecule has 152 valence electrons. The van der Waals surface area contributed by atoms with Gasteiger partial charge in [0.15, 0.2) is 0 Å². The number of rotatable bonds is 3. The zero-order chi connectivity index (χ0) is 20.8. The summed E-state index contributed by atoms with van der Waals surface area (Å²) in [6.45, 7) is 0. The van der Waals surface area contributed by atoms with E-state index >= 15 is 0 Å². The van der Waals surface area contributed by atoms with E-state index in [1.165, 1.54) is 12.1 Å². The van der Waals surface area contributed by atoms with E-state index in [0.717, 1.165) is 32.6 Å². The van der Waals surface area contributed by atoms with Gasteiger partial charge in [-0.3, -0.25) is 0 Å². The Morgan fingerprint density at radius 1 is 1.10 bits per heavy atom. The highest BCUT2D eigenvalue weighted by Crippen LogP contribution is 2.49. The molecular weight excluding hydrogens is 471 g/mol. The van der Waals surface area contributed by atoms with Crippen molar-refractivity contribution in [2.24, 2.45) is 5.10 Å². The highest BCUT2D eigenvalue weighted by atomic mass is 79.9. The van der Waals surface area contributed by atoms with E-state index in [9.17, 15) is 4.39 Å². The van der Waals surface area contributed by atoms with Crippen molar-refractivity contribution in [2.75, 3.05) is 7.11 Å². The zero-order valence-electron chi connectivity index (χ0n) is 16.0. The Morgan fingerprint density at radius 3 is 2.67 bits per heavy atom. The van der Waals surface area contributed by atoms with E-state index in [-0.39, 0.29) is 11.9 Å². The number of ether oxygens (including phenoxy) is 2. The molecule has 0 saturated carbocycles. The van der Waals surface area contributed by atoms with Crippen molar-refractivity contribution < 1.29 is 13.9 Å². The van der Waals surface area contributed by atoms with Crippen LogP contribution in [0.25, 0.3) is 0 Å². The van der Waals surface area contributed by atoms with Crippen molar-refractivity contribution >= 4 is 33.2 Å². The predicted octanol–water partition coefficient (Wildman–Crippen LogP) is 6.49. The van der Waals surface area contributed by atoms with Crippen LogP contribution in [0.2, 0.25) is 5.02 Å². The number of benzene rings is 3. The van der Waals surface area contributed by atoms with Crippen LogP contribution in [0.3, 0.4) is 0 Å². The van der Waals surface area contributed by atoms with Gasteiger partial charge in [-0.25, -0.2) is 9.40 Å². The van der Waals surface area contributed by atoms with Crippen molar-refractivity contribution in [3.05, 3.63) is 92.7 Å². The summed E-state index contributed by atoms with van der Waals surface area (Å²) in [6.07, 6.45) is 0.184. The second kappa shape index (κ2) is 7.60. The highest BCUT2D eigenvalue weighted by Gasteiger charge is 2.42. The van der Waals surface area contributed by atoms with Crippen LogP contribution in [-0.4, -0.2) is 17.8 Å². The molecule has 2 aliphatic heterocycles. The van der Waals surface area contributed by atoms with Crippen LogP contribution in [0.5, 0.6) is 11.5 Å². The minimum absolute atomic E-state index is 0.0545. The number of hydrogen-bond donors (Lipinski definition) is 0. The molecule has 0 fully saturated rings. The van der Waals surface area contributed by atoms with E-state index < -0.39 is 6.23 Å². The smallest absolute Gasteiger partial charge is 0.217 e. The van der Waals surface area contributed by atoms with E-state index in [0.29, 0.717) is 17.2 Å². The Hall–Kier alpha value is -2.57. The van der Waals surface area contributed by atoms with Crippen LogP contribution >= 0.6 is 27.5 Å². The van der Waals surface area contributed by atoms with Gasteiger partial charge in [0.25, 0.3) is 0 Å². The Kier molecular flexibility index (Phi) is 4.91. The summed E-state index contributed by atoms with van der Waals surface area (Å²) < 4.78 is 26.3. The number of hydrazone groups is 1. The Morgan fingerprint density at radius 2 is 1.90 bits per heavy atom. The summed E-state index contributed by atoms with van der Waals surface area (Å²) >= 11 is 9.82. The molecule has 3 aromatic rings. The summed E-state index contributed by atoms with van der Waals surface area (Å²) in [7, 11) is 1.64. The number of methoxy groups -OCH3 is 1. The summed E-state index contributed by atoms with van der Waals surface area (Å²) in [4.78, 5) is 0. The SMILES string of the molecule is COc1ccc(Br)cc1C1Oc2ccc(Cl)cc2C2CC(c3ccc(F)cc3)=NN21. The van der Waals surface area contributed by atoms with Crippen LogP contribution in [0.4, 0.5) is 4.39 Å². The topological polar surface area (TPSA) is 34.1 Å². The van der Waals surface area contributed by atoms with E-state index in [1.807, 2.05) is 41.4 Å². The minimum Gasteiger partial charge on any atom is -0.496 e. The molecule has 30 heavy (non-hydrogen) atoms. The maximum absolute atomic E-state index is 13.4. The monoisotopic (exact) mass is 486 g/mol. The maximum Gasteiger partial charge on any atom is 0.217 e. The minimum atomic E-state index is -0.478. The fourth-order valence-electron chi connectivity index (χ4n) is 3.98. The highest BCUT2D eigenvalue weighted by molar-refractivity contribution is 9.10. The molecule has 0 N–H and O–H groups in total. The fourth-order valence-corrected chi connectivity index (χ4v) is 4.54. The first kappa shape index (κ1) is 19.4. The summed E-state index contributed by atoms with van der Waals surface area (Å²) in [5, 5.41) is 7.48. The lowest BCUT2D eigenvalue weighted by atomic mass is 9.96. The molecule has 2 atom stereocenters. The quantitative estimate of drug-likeness (QED) is 0.423. The molecule has 0 radical (unpaired) electrons. The normalized spacial score (nSPS) is 19.6. The molecule has 2 unspecified atom stereocenters. The molecule has 0 bridgehead atoms. The molecule has 7 heteroatoms. The van der Waals surface area contributed by atoms with Gasteiger partial charge in [0.05, 0.1) is 24.4 Å². The van der Waals surface area contributed by atoms with Crippen LogP contribution in [0, 0.1) is 5.82 Å². The van der Waals surface area contributed by atoms with Crippen molar-refractivity contribution in [1.82, 2.24) is 5.01 Å². The molecule has 3 aromatic carbocycles. The van der Waals surface area contributed by atoms with Crippen molar-refractivity contribution in [1.29, 1.82) is 0 Å². The number of nitrogens with zero attached hydrogens (tertiary/aromatic N) is 2. The van der Waals surface area contributed by atoms with Crippen molar-refractivity contribution in [3.63, 3.8) is 0 Å². The van der Waals surface area contributed by atoms with Gasteiger partial charge in [-0.2, -0.15) is 5.10 Å².